The Morgan fingerprint density at radius 1 is 1.29 bits per heavy atom. The van der Waals surface area contributed by atoms with Crippen molar-refractivity contribution in [2.45, 2.75) is 20.4 Å². The van der Waals surface area contributed by atoms with Crippen LogP contribution in [0.2, 0.25) is 0 Å². The first-order chi connectivity index (χ1) is 8.33. The van der Waals surface area contributed by atoms with Crippen LogP contribution in [0.4, 0.5) is 5.95 Å². The van der Waals surface area contributed by atoms with Crippen LogP contribution in [-0.2, 0) is 11.3 Å². The highest BCUT2D eigenvalue weighted by molar-refractivity contribution is 5.28. The third kappa shape index (κ3) is 3.17. The van der Waals surface area contributed by atoms with E-state index in [0.29, 0.717) is 0 Å². The van der Waals surface area contributed by atoms with Crippen molar-refractivity contribution in [2.75, 3.05) is 44.3 Å². The maximum absolute atomic E-state index is 5.31. The second-order valence-corrected chi connectivity index (χ2v) is 4.14. The molecule has 1 aromatic heterocycles. The molecule has 2 rings (SSSR count). The Bertz CT molecular complexity index is 330. The van der Waals surface area contributed by atoms with Gasteiger partial charge in [-0.1, -0.05) is 13.8 Å². The summed E-state index contributed by atoms with van der Waals surface area (Å²) in [5, 5.41) is 7.29. The fraction of sp³-hybridized carbons (Fsp3) is 0.818. The standard InChI is InChI=1S/C11H21N5O/c1-3-15(4-2)9-10-12-11(14-13-10)16-5-7-17-8-6-16/h3-9H2,1-2H3,(H,12,13,14). The maximum atomic E-state index is 5.31. The van der Waals surface area contributed by atoms with Gasteiger partial charge in [0.1, 0.15) is 5.82 Å². The predicted octanol–water partition coefficient (Wildman–Crippen LogP) is 0.483. The lowest BCUT2D eigenvalue weighted by Crippen LogP contribution is -2.36. The Kier molecular flexibility index (Phi) is 4.33. The monoisotopic (exact) mass is 239 g/mol. The van der Waals surface area contributed by atoms with Gasteiger partial charge < -0.3 is 9.64 Å². The largest absolute Gasteiger partial charge is 0.378 e. The zero-order valence-corrected chi connectivity index (χ0v) is 10.6. The summed E-state index contributed by atoms with van der Waals surface area (Å²) in [4.78, 5) is 9.00. The first-order valence-corrected chi connectivity index (χ1v) is 6.29. The molecule has 0 atom stereocenters. The number of nitrogens with one attached hydrogen (secondary N) is 1. The van der Waals surface area contributed by atoms with Crippen LogP contribution < -0.4 is 4.90 Å². The summed E-state index contributed by atoms with van der Waals surface area (Å²) < 4.78 is 5.31. The maximum Gasteiger partial charge on any atom is 0.244 e. The van der Waals surface area contributed by atoms with E-state index in [1.807, 2.05) is 0 Å². The van der Waals surface area contributed by atoms with Crippen molar-refractivity contribution in [3.05, 3.63) is 5.82 Å². The number of hydrogen-bond donors (Lipinski definition) is 1. The minimum absolute atomic E-state index is 0.764. The zero-order chi connectivity index (χ0) is 12.1. The van der Waals surface area contributed by atoms with Crippen LogP contribution in [0.5, 0.6) is 0 Å². The van der Waals surface area contributed by atoms with E-state index in [1.54, 1.807) is 0 Å². The highest BCUT2D eigenvalue weighted by Gasteiger charge is 2.16. The summed E-state index contributed by atoms with van der Waals surface area (Å²) >= 11 is 0. The quantitative estimate of drug-likeness (QED) is 0.810. The Labute approximate surface area is 102 Å². The molecule has 2 heterocycles. The first kappa shape index (κ1) is 12.3. The summed E-state index contributed by atoms with van der Waals surface area (Å²) in [7, 11) is 0. The molecule has 0 unspecified atom stereocenters. The molecule has 0 spiro atoms. The van der Waals surface area contributed by atoms with Gasteiger partial charge in [0.2, 0.25) is 5.95 Å². The SMILES string of the molecule is CCN(CC)Cc1nc(N2CCOCC2)n[nH]1. The van der Waals surface area contributed by atoms with Crippen LogP contribution in [0.25, 0.3) is 0 Å². The number of aromatic amines is 1. The van der Waals surface area contributed by atoms with Crippen molar-refractivity contribution in [2.24, 2.45) is 0 Å². The van der Waals surface area contributed by atoms with Crippen LogP contribution >= 0.6 is 0 Å². The molecular weight excluding hydrogens is 218 g/mol. The van der Waals surface area contributed by atoms with Gasteiger partial charge in [0.15, 0.2) is 0 Å². The number of H-pyrrole nitrogens is 1. The van der Waals surface area contributed by atoms with Crippen LogP contribution in [0.15, 0.2) is 0 Å². The average molecular weight is 239 g/mol. The number of rotatable bonds is 5. The minimum Gasteiger partial charge on any atom is -0.378 e. The summed E-state index contributed by atoms with van der Waals surface area (Å²) in [5.41, 5.74) is 0. The topological polar surface area (TPSA) is 57.3 Å². The van der Waals surface area contributed by atoms with Crippen molar-refractivity contribution >= 4 is 5.95 Å². The van der Waals surface area contributed by atoms with E-state index in [-0.39, 0.29) is 0 Å². The third-order valence-corrected chi connectivity index (χ3v) is 3.08. The smallest absolute Gasteiger partial charge is 0.244 e. The number of ether oxygens (including phenoxy) is 1. The van der Waals surface area contributed by atoms with Gasteiger partial charge in [-0.05, 0) is 13.1 Å². The Morgan fingerprint density at radius 3 is 2.65 bits per heavy atom. The summed E-state index contributed by atoms with van der Waals surface area (Å²) in [6, 6.07) is 0. The number of nitrogens with zero attached hydrogens (tertiary/aromatic N) is 4. The van der Waals surface area contributed by atoms with Gasteiger partial charge >= 0.3 is 0 Å². The highest BCUT2D eigenvalue weighted by Crippen LogP contribution is 2.10. The molecule has 0 saturated carbocycles. The van der Waals surface area contributed by atoms with E-state index in [2.05, 4.69) is 38.8 Å². The fourth-order valence-electron chi connectivity index (χ4n) is 1.92. The number of hydrogen-bond acceptors (Lipinski definition) is 5. The van der Waals surface area contributed by atoms with E-state index in [4.69, 9.17) is 4.74 Å². The Hall–Kier alpha value is -1.14. The molecule has 1 aliphatic heterocycles. The molecule has 96 valence electrons. The van der Waals surface area contributed by atoms with Crippen LogP contribution in [0.3, 0.4) is 0 Å². The lowest BCUT2D eigenvalue weighted by molar-refractivity contribution is 0.122. The summed E-state index contributed by atoms with van der Waals surface area (Å²) in [6.07, 6.45) is 0. The van der Waals surface area contributed by atoms with E-state index in [9.17, 15) is 0 Å². The van der Waals surface area contributed by atoms with Gasteiger partial charge in [0, 0.05) is 13.1 Å². The summed E-state index contributed by atoms with van der Waals surface area (Å²) in [5.74, 6) is 1.74. The Balaban J connectivity index is 1.94. The van der Waals surface area contributed by atoms with Crippen LogP contribution in [0, 0.1) is 0 Å². The molecule has 0 aromatic carbocycles. The molecule has 6 nitrogen and oxygen atoms in total. The van der Waals surface area contributed by atoms with Crippen LogP contribution in [-0.4, -0.2) is 59.5 Å². The minimum atomic E-state index is 0.764. The first-order valence-electron chi connectivity index (χ1n) is 6.29. The van der Waals surface area contributed by atoms with Gasteiger partial charge in [-0.3, -0.25) is 10.00 Å². The van der Waals surface area contributed by atoms with Crippen molar-refractivity contribution in [1.82, 2.24) is 20.1 Å². The van der Waals surface area contributed by atoms with E-state index in [1.165, 1.54) is 0 Å². The number of aromatic nitrogens is 3. The lowest BCUT2D eigenvalue weighted by atomic mass is 10.4. The molecular formula is C11H21N5O. The van der Waals surface area contributed by atoms with Crippen molar-refractivity contribution < 1.29 is 4.74 Å². The predicted molar refractivity (Wildman–Crippen MR) is 66.0 cm³/mol. The van der Waals surface area contributed by atoms with Gasteiger partial charge in [0.05, 0.1) is 19.8 Å². The van der Waals surface area contributed by atoms with E-state index in [0.717, 1.165) is 57.7 Å². The summed E-state index contributed by atoms with van der Waals surface area (Å²) in [6.45, 7) is 10.5. The van der Waals surface area contributed by atoms with E-state index >= 15 is 0 Å². The molecule has 6 heteroatoms. The second-order valence-electron chi connectivity index (χ2n) is 4.14. The molecule has 1 N–H and O–H groups in total. The molecule has 0 radical (unpaired) electrons. The third-order valence-electron chi connectivity index (χ3n) is 3.08. The normalized spacial score (nSPS) is 16.8. The molecule has 1 aliphatic rings. The zero-order valence-electron chi connectivity index (χ0n) is 10.6. The molecule has 0 bridgehead atoms. The highest BCUT2D eigenvalue weighted by atomic mass is 16.5. The van der Waals surface area contributed by atoms with Crippen molar-refractivity contribution in [3.63, 3.8) is 0 Å². The van der Waals surface area contributed by atoms with Crippen LogP contribution in [0.1, 0.15) is 19.7 Å². The average Bonchev–Trinajstić information content (AvgIpc) is 2.85. The molecule has 0 aliphatic carbocycles. The van der Waals surface area contributed by atoms with Gasteiger partial charge in [-0.25, -0.2) is 0 Å². The van der Waals surface area contributed by atoms with Gasteiger partial charge in [-0.2, -0.15) is 4.98 Å². The van der Waals surface area contributed by atoms with Gasteiger partial charge in [-0.15, -0.1) is 5.10 Å². The molecule has 1 aromatic rings. The number of morpholine rings is 1. The van der Waals surface area contributed by atoms with E-state index < -0.39 is 0 Å². The van der Waals surface area contributed by atoms with Gasteiger partial charge in [0.25, 0.3) is 0 Å². The fourth-order valence-corrected chi connectivity index (χ4v) is 1.92. The number of anilines is 1. The molecule has 1 fully saturated rings. The van der Waals surface area contributed by atoms with Crippen molar-refractivity contribution in [1.29, 1.82) is 0 Å². The molecule has 17 heavy (non-hydrogen) atoms. The molecule has 1 saturated heterocycles. The van der Waals surface area contributed by atoms with Crippen molar-refractivity contribution in [3.8, 4) is 0 Å². The molecule has 0 amide bonds. The second kappa shape index (κ2) is 5.97. The lowest BCUT2D eigenvalue weighted by Gasteiger charge is -2.25. The Morgan fingerprint density at radius 2 is 2.00 bits per heavy atom.